The second-order valence-corrected chi connectivity index (χ2v) is 6.06. The molecule has 2 aromatic rings. The minimum atomic E-state index is -0.393. The molecule has 2 aliphatic rings. The summed E-state index contributed by atoms with van der Waals surface area (Å²) in [6.45, 7) is 0. The zero-order valence-corrected chi connectivity index (χ0v) is 11.6. The van der Waals surface area contributed by atoms with E-state index in [2.05, 4.69) is 0 Å². The van der Waals surface area contributed by atoms with E-state index < -0.39 is 6.10 Å². The molecule has 0 spiro atoms. The third-order valence-electron chi connectivity index (χ3n) is 4.66. The molecule has 3 heteroatoms. The van der Waals surface area contributed by atoms with Crippen molar-refractivity contribution in [1.29, 1.82) is 0 Å². The van der Waals surface area contributed by atoms with Crippen molar-refractivity contribution in [1.82, 2.24) is 0 Å². The van der Waals surface area contributed by atoms with Gasteiger partial charge in [-0.3, -0.25) is 0 Å². The number of hydrogen-bond acceptors (Lipinski definition) is 3. The zero-order valence-electron chi connectivity index (χ0n) is 11.6. The molecule has 0 amide bonds. The lowest BCUT2D eigenvalue weighted by atomic mass is 9.92. The van der Waals surface area contributed by atoms with Crippen LogP contribution in [0.25, 0.3) is 11.1 Å². The van der Waals surface area contributed by atoms with Crippen LogP contribution in [0.1, 0.15) is 24.5 Å². The Morgan fingerprint density at radius 2 is 1.38 bits per heavy atom. The summed E-state index contributed by atoms with van der Waals surface area (Å²) in [5.41, 5.74) is 3.12. The van der Waals surface area contributed by atoms with Gasteiger partial charge in [0.25, 0.3) is 0 Å². The Morgan fingerprint density at radius 1 is 0.857 bits per heavy atom. The predicted octanol–water partition coefficient (Wildman–Crippen LogP) is 3.27. The summed E-state index contributed by atoms with van der Waals surface area (Å²) in [6.07, 6.45) is 2.37. The van der Waals surface area contributed by atoms with Gasteiger partial charge in [-0.1, -0.05) is 36.4 Å². The lowest BCUT2D eigenvalue weighted by molar-refractivity contribution is 0.0866. The number of phenols is 1. The molecule has 1 aliphatic heterocycles. The molecule has 1 saturated carbocycles. The molecule has 3 unspecified atom stereocenters. The van der Waals surface area contributed by atoms with E-state index in [1.165, 1.54) is 0 Å². The van der Waals surface area contributed by atoms with Crippen LogP contribution in [-0.4, -0.2) is 22.4 Å². The van der Waals surface area contributed by atoms with Gasteiger partial charge in [-0.05, 0) is 47.6 Å². The van der Waals surface area contributed by atoms with Gasteiger partial charge in [0.2, 0.25) is 0 Å². The average molecular weight is 282 g/mol. The maximum atomic E-state index is 10.5. The van der Waals surface area contributed by atoms with Crippen molar-refractivity contribution in [3.63, 3.8) is 0 Å². The molecule has 2 N–H and O–H groups in total. The van der Waals surface area contributed by atoms with E-state index in [0.717, 1.165) is 29.5 Å². The molecule has 21 heavy (non-hydrogen) atoms. The lowest BCUT2D eigenvalue weighted by Crippen LogP contribution is -2.11. The molecule has 108 valence electrons. The first-order valence-corrected chi connectivity index (χ1v) is 7.43. The van der Waals surface area contributed by atoms with Crippen LogP contribution in [0.15, 0.2) is 48.5 Å². The Hall–Kier alpha value is -1.84. The average Bonchev–Trinajstić information content (AvgIpc) is 3.13. The van der Waals surface area contributed by atoms with Gasteiger partial charge in [-0.15, -0.1) is 0 Å². The largest absolute Gasteiger partial charge is 0.508 e. The first-order chi connectivity index (χ1) is 10.2. The Morgan fingerprint density at radius 3 is 1.95 bits per heavy atom. The summed E-state index contributed by atoms with van der Waals surface area (Å²) >= 11 is 0. The van der Waals surface area contributed by atoms with Crippen LogP contribution in [0.3, 0.4) is 0 Å². The Bertz CT molecular complexity index is 623. The van der Waals surface area contributed by atoms with E-state index >= 15 is 0 Å². The number of aliphatic hydroxyl groups is 1. The van der Waals surface area contributed by atoms with E-state index in [4.69, 9.17) is 4.74 Å². The summed E-state index contributed by atoms with van der Waals surface area (Å²) in [6, 6.07) is 15.2. The summed E-state index contributed by atoms with van der Waals surface area (Å²) in [7, 11) is 0. The van der Waals surface area contributed by atoms with Crippen LogP contribution < -0.4 is 0 Å². The second kappa shape index (κ2) is 4.86. The van der Waals surface area contributed by atoms with E-state index in [-0.39, 0.29) is 5.75 Å². The predicted molar refractivity (Wildman–Crippen MR) is 79.9 cm³/mol. The molecule has 1 aliphatic carbocycles. The van der Waals surface area contributed by atoms with Crippen molar-refractivity contribution in [2.45, 2.75) is 31.2 Å². The van der Waals surface area contributed by atoms with Crippen LogP contribution >= 0.6 is 0 Å². The van der Waals surface area contributed by atoms with Crippen LogP contribution in [0.4, 0.5) is 0 Å². The summed E-state index contributed by atoms with van der Waals surface area (Å²) < 4.78 is 5.42. The molecule has 0 aromatic heterocycles. The highest BCUT2D eigenvalue weighted by atomic mass is 16.6. The molecule has 1 heterocycles. The van der Waals surface area contributed by atoms with Gasteiger partial charge in [0.15, 0.2) is 0 Å². The van der Waals surface area contributed by atoms with E-state index in [1.807, 2.05) is 36.4 Å². The lowest BCUT2D eigenvalue weighted by Gasteiger charge is -2.19. The number of epoxide rings is 1. The quantitative estimate of drug-likeness (QED) is 0.849. The van der Waals surface area contributed by atoms with Gasteiger partial charge in [-0.2, -0.15) is 0 Å². The monoisotopic (exact) mass is 282 g/mol. The van der Waals surface area contributed by atoms with Gasteiger partial charge in [-0.25, -0.2) is 0 Å². The SMILES string of the molecule is Oc1ccc(-c2ccc(C(O)C3CC4OC4C3)cc2)cc1. The number of ether oxygens (including phenoxy) is 1. The molecule has 2 aromatic carbocycles. The van der Waals surface area contributed by atoms with Gasteiger partial charge < -0.3 is 14.9 Å². The maximum absolute atomic E-state index is 10.5. The van der Waals surface area contributed by atoms with Gasteiger partial charge in [0.05, 0.1) is 18.3 Å². The molecule has 3 atom stereocenters. The van der Waals surface area contributed by atoms with Crippen molar-refractivity contribution in [3.8, 4) is 16.9 Å². The van der Waals surface area contributed by atoms with Crippen molar-refractivity contribution >= 4 is 0 Å². The molecule has 3 nitrogen and oxygen atoms in total. The first-order valence-electron chi connectivity index (χ1n) is 7.43. The Balaban J connectivity index is 1.51. The number of hydrogen-bond donors (Lipinski definition) is 2. The van der Waals surface area contributed by atoms with Crippen molar-refractivity contribution < 1.29 is 14.9 Å². The molecule has 0 radical (unpaired) electrons. The summed E-state index contributed by atoms with van der Waals surface area (Å²) in [5, 5.41) is 19.8. The van der Waals surface area contributed by atoms with E-state index in [0.29, 0.717) is 18.1 Å². The summed E-state index contributed by atoms with van der Waals surface area (Å²) in [5.74, 6) is 0.598. The van der Waals surface area contributed by atoms with Crippen molar-refractivity contribution in [3.05, 3.63) is 54.1 Å². The molecule has 2 fully saturated rings. The fraction of sp³-hybridized carbons (Fsp3) is 0.333. The Labute approximate surface area is 123 Å². The van der Waals surface area contributed by atoms with Gasteiger partial charge >= 0.3 is 0 Å². The fourth-order valence-corrected chi connectivity index (χ4v) is 3.34. The molecular weight excluding hydrogens is 264 g/mol. The second-order valence-electron chi connectivity index (χ2n) is 6.06. The molecular formula is C18H18O3. The van der Waals surface area contributed by atoms with E-state index in [1.54, 1.807) is 12.1 Å². The minimum absolute atomic E-state index is 0.271. The summed E-state index contributed by atoms with van der Waals surface area (Å²) in [4.78, 5) is 0. The minimum Gasteiger partial charge on any atom is -0.508 e. The zero-order chi connectivity index (χ0) is 14.4. The number of aromatic hydroxyl groups is 1. The highest BCUT2D eigenvalue weighted by Gasteiger charge is 2.49. The van der Waals surface area contributed by atoms with Gasteiger partial charge in [0, 0.05) is 0 Å². The fourth-order valence-electron chi connectivity index (χ4n) is 3.34. The normalized spacial score (nSPS) is 28.1. The molecule has 1 saturated heterocycles. The topological polar surface area (TPSA) is 53.0 Å². The highest BCUT2D eigenvalue weighted by Crippen LogP contribution is 2.47. The van der Waals surface area contributed by atoms with Crippen molar-refractivity contribution in [2.75, 3.05) is 0 Å². The van der Waals surface area contributed by atoms with Crippen LogP contribution in [0.2, 0.25) is 0 Å². The third-order valence-corrected chi connectivity index (χ3v) is 4.66. The highest BCUT2D eigenvalue weighted by molar-refractivity contribution is 5.64. The van der Waals surface area contributed by atoms with E-state index in [9.17, 15) is 10.2 Å². The number of fused-ring (bicyclic) bond motifs is 1. The smallest absolute Gasteiger partial charge is 0.115 e. The standard InChI is InChI=1S/C18H18O3/c19-15-7-5-12(6-8-15)11-1-3-13(4-2-11)18(20)14-9-16-17(10-14)21-16/h1-8,14,16-20H,9-10H2. The van der Waals surface area contributed by atoms with Gasteiger partial charge in [0.1, 0.15) is 5.75 Å². The number of rotatable bonds is 3. The number of benzene rings is 2. The van der Waals surface area contributed by atoms with Crippen LogP contribution in [0.5, 0.6) is 5.75 Å². The Kier molecular flexibility index (Phi) is 2.98. The number of phenolic OH excluding ortho intramolecular Hbond substituents is 1. The molecule has 4 rings (SSSR count). The maximum Gasteiger partial charge on any atom is 0.115 e. The van der Waals surface area contributed by atoms with Crippen LogP contribution in [0, 0.1) is 5.92 Å². The number of aliphatic hydroxyl groups excluding tert-OH is 1. The third kappa shape index (κ3) is 2.43. The van der Waals surface area contributed by atoms with Crippen molar-refractivity contribution in [2.24, 2.45) is 5.92 Å². The van der Waals surface area contributed by atoms with Crippen LogP contribution in [-0.2, 0) is 4.74 Å². The molecule has 0 bridgehead atoms. The first kappa shape index (κ1) is 12.9.